The summed E-state index contributed by atoms with van der Waals surface area (Å²) in [5, 5.41) is 4.55. The van der Waals surface area contributed by atoms with Crippen LogP contribution in [0.3, 0.4) is 0 Å². The molecule has 1 aromatic carbocycles. The first-order valence-electron chi connectivity index (χ1n) is 9.43. The lowest BCUT2D eigenvalue weighted by Gasteiger charge is -2.21. The van der Waals surface area contributed by atoms with E-state index in [1.165, 1.54) is 55.0 Å². The lowest BCUT2D eigenvalue weighted by molar-refractivity contribution is -0.123. The molecule has 4 rings (SSSR count). The van der Waals surface area contributed by atoms with E-state index in [-0.39, 0.29) is 11.3 Å². The fourth-order valence-electron chi connectivity index (χ4n) is 4.29. The molecule has 0 bridgehead atoms. The maximum atomic E-state index is 12.4. The zero-order chi connectivity index (χ0) is 16.9. The van der Waals surface area contributed by atoms with E-state index in [1.807, 2.05) is 20.8 Å². The Bertz CT molecular complexity index is 808. The van der Waals surface area contributed by atoms with Gasteiger partial charge in [-0.1, -0.05) is 27.2 Å². The van der Waals surface area contributed by atoms with Crippen molar-refractivity contribution in [2.75, 3.05) is 5.32 Å². The number of fused-ring (bicyclic) bond motifs is 3. The van der Waals surface area contributed by atoms with Crippen molar-refractivity contribution < 1.29 is 4.79 Å². The Morgan fingerprint density at radius 1 is 1.04 bits per heavy atom. The third-order valence-electron chi connectivity index (χ3n) is 5.57. The number of amides is 1. The maximum absolute atomic E-state index is 12.4. The lowest BCUT2D eigenvalue weighted by Crippen LogP contribution is -2.27. The van der Waals surface area contributed by atoms with Crippen LogP contribution in [0.15, 0.2) is 12.1 Å². The zero-order valence-electron chi connectivity index (χ0n) is 15.2. The number of anilines is 1. The second-order valence-corrected chi connectivity index (χ2v) is 8.48. The molecule has 24 heavy (non-hydrogen) atoms. The largest absolute Gasteiger partial charge is 0.344 e. The van der Waals surface area contributed by atoms with Crippen LogP contribution in [0, 0.1) is 5.41 Å². The minimum atomic E-state index is -0.366. The number of nitrogens with zero attached hydrogens (tertiary/aromatic N) is 1. The van der Waals surface area contributed by atoms with Crippen LogP contribution in [0.2, 0.25) is 0 Å². The van der Waals surface area contributed by atoms with E-state index in [0.29, 0.717) is 0 Å². The summed E-state index contributed by atoms with van der Waals surface area (Å²) < 4.78 is 2.59. The highest BCUT2D eigenvalue weighted by molar-refractivity contribution is 5.98. The van der Waals surface area contributed by atoms with Gasteiger partial charge in [0.15, 0.2) is 0 Å². The molecule has 1 amide bonds. The smallest absolute Gasteiger partial charge is 0.229 e. The Morgan fingerprint density at radius 2 is 1.83 bits per heavy atom. The first-order valence-corrected chi connectivity index (χ1v) is 9.43. The molecule has 0 saturated carbocycles. The molecule has 2 aliphatic rings. The van der Waals surface area contributed by atoms with Gasteiger partial charge in [0, 0.05) is 28.7 Å². The normalized spacial score (nSPS) is 17.5. The van der Waals surface area contributed by atoms with Gasteiger partial charge in [-0.05, 0) is 61.8 Å². The molecule has 1 aromatic heterocycles. The van der Waals surface area contributed by atoms with Crippen molar-refractivity contribution in [3.8, 4) is 0 Å². The molecule has 2 heterocycles. The topological polar surface area (TPSA) is 34.0 Å². The van der Waals surface area contributed by atoms with Crippen LogP contribution < -0.4 is 5.32 Å². The molecule has 3 nitrogen and oxygen atoms in total. The van der Waals surface area contributed by atoms with E-state index in [2.05, 4.69) is 22.0 Å². The van der Waals surface area contributed by atoms with Crippen LogP contribution in [0.5, 0.6) is 0 Å². The van der Waals surface area contributed by atoms with Gasteiger partial charge in [0.2, 0.25) is 5.91 Å². The number of benzene rings is 1. The van der Waals surface area contributed by atoms with Gasteiger partial charge in [-0.15, -0.1) is 0 Å². The maximum Gasteiger partial charge on any atom is 0.229 e. The first kappa shape index (κ1) is 15.7. The van der Waals surface area contributed by atoms with Gasteiger partial charge < -0.3 is 9.88 Å². The van der Waals surface area contributed by atoms with Crippen molar-refractivity contribution >= 4 is 22.5 Å². The van der Waals surface area contributed by atoms with Crippen molar-refractivity contribution in [2.45, 2.75) is 72.3 Å². The highest BCUT2D eigenvalue weighted by Gasteiger charge is 2.25. The average Bonchev–Trinajstić information content (AvgIpc) is 2.70. The van der Waals surface area contributed by atoms with Gasteiger partial charge in [0.25, 0.3) is 0 Å². The number of carbonyl (C=O) groups excluding carboxylic acids is 1. The van der Waals surface area contributed by atoms with Crippen LogP contribution in [0.4, 0.5) is 5.69 Å². The molecule has 0 unspecified atom stereocenters. The molecule has 0 atom stereocenters. The molecule has 1 aliphatic carbocycles. The molecule has 1 N–H and O–H groups in total. The Labute approximate surface area is 144 Å². The van der Waals surface area contributed by atoms with Crippen LogP contribution in [-0.2, 0) is 30.6 Å². The summed E-state index contributed by atoms with van der Waals surface area (Å²) in [5.74, 6) is 0.0929. The number of rotatable bonds is 1. The minimum Gasteiger partial charge on any atom is -0.344 e. The first-order chi connectivity index (χ1) is 11.4. The standard InChI is InChI=1S/C21H28N2O/c1-21(2,3)20(24)22-15-12-14-8-7-11-23-18-10-6-4-5-9-16(18)17(13-15)19(14)23/h12-13H,4-11H2,1-3H3,(H,22,24). The van der Waals surface area contributed by atoms with Gasteiger partial charge in [-0.25, -0.2) is 0 Å². The van der Waals surface area contributed by atoms with Gasteiger partial charge in [-0.3, -0.25) is 4.79 Å². The molecular weight excluding hydrogens is 296 g/mol. The number of carbonyl (C=O) groups is 1. The van der Waals surface area contributed by atoms with E-state index in [9.17, 15) is 4.79 Å². The minimum absolute atomic E-state index is 0.0929. The molecule has 0 fully saturated rings. The van der Waals surface area contributed by atoms with Crippen molar-refractivity contribution in [2.24, 2.45) is 5.41 Å². The molecule has 128 valence electrons. The second kappa shape index (κ2) is 5.65. The average molecular weight is 324 g/mol. The Hall–Kier alpha value is -1.77. The fourth-order valence-corrected chi connectivity index (χ4v) is 4.29. The molecule has 1 aliphatic heterocycles. The number of hydrogen-bond donors (Lipinski definition) is 1. The zero-order valence-corrected chi connectivity index (χ0v) is 15.2. The summed E-state index contributed by atoms with van der Waals surface area (Å²) in [6, 6.07) is 4.44. The van der Waals surface area contributed by atoms with E-state index < -0.39 is 0 Å². The third-order valence-corrected chi connectivity index (χ3v) is 5.57. The summed E-state index contributed by atoms with van der Waals surface area (Å²) in [6.45, 7) is 7.06. The Morgan fingerprint density at radius 3 is 2.62 bits per heavy atom. The molecule has 2 aromatic rings. The fraction of sp³-hybridized carbons (Fsp3) is 0.571. The van der Waals surface area contributed by atoms with E-state index in [0.717, 1.165) is 18.7 Å². The summed E-state index contributed by atoms with van der Waals surface area (Å²) in [5.41, 5.74) is 6.59. The number of nitrogens with one attached hydrogen (secondary N) is 1. The molecular formula is C21H28N2O. The quantitative estimate of drug-likeness (QED) is 0.748. The summed E-state index contributed by atoms with van der Waals surface area (Å²) in [4.78, 5) is 12.4. The Balaban J connectivity index is 1.85. The van der Waals surface area contributed by atoms with E-state index in [1.54, 1.807) is 11.3 Å². The molecule has 0 saturated heterocycles. The van der Waals surface area contributed by atoms with Gasteiger partial charge >= 0.3 is 0 Å². The van der Waals surface area contributed by atoms with Crippen LogP contribution >= 0.6 is 0 Å². The molecule has 3 heteroatoms. The highest BCUT2D eigenvalue weighted by atomic mass is 16.2. The van der Waals surface area contributed by atoms with Gasteiger partial charge in [0.05, 0.1) is 5.52 Å². The Kier molecular flexibility index (Phi) is 3.70. The number of aromatic nitrogens is 1. The molecule has 0 spiro atoms. The van der Waals surface area contributed by atoms with Crippen LogP contribution in [0.1, 0.15) is 63.3 Å². The van der Waals surface area contributed by atoms with Crippen molar-refractivity contribution in [1.82, 2.24) is 4.57 Å². The van der Waals surface area contributed by atoms with Crippen LogP contribution in [0.25, 0.3) is 10.9 Å². The second-order valence-electron chi connectivity index (χ2n) is 8.48. The summed E-state index contributed by atoms with van der Waals surface area (Å²) in [7, 11) is 0. The third kappa shape index (κ3) is 2.54. The monoisotopic (exact) mass is 324 g/mol. The lowest BCUT2D eigenvalue weighted by atomic mass is 9.95. The SMILES string of the molecule is CC(C)(C)C(=O)Nc1cc2c3c(c1)c1c(n3CCC2)CCCCC1. The predicted octanol–water partition coefficient (Wildman–Crippen LogP) is 4.84. The predicted molar refractivity (Wildman–Crippen MR) is 99.6 cm³/mol. The summed E-state index contributed by atoms with van der Waals surface area (Å²) >= 11 is 0. The van der Waals surface area contributed by atoms with Crippen molar-refractivity contribution in [1.29, 1.82) is 0 Å². The number of aryl methyl sites for hydroxylation is 3. The molecule has 0 radical (unpaired) electrons. The summed E-state index contributed by atoms with van der Waals surface area (Å²) in [6.07, 6.45) is 8.68. The van der Waals surface area contributed by atoms with Crippen molar-refractivity contribution in [3.63, 3.8) is 0 Å². The van der Waals surface area contributed by atoms with E-state index in [4.69, 9.17) is 0 Å². The van der Waals surface area contributed by atoms with E-state index >= 15 is 0 Å². The van der Waals surface area contributed by atoms with Crippen LogP contribution in [-0.4, -0.2) is 10.5 Å². The van der Waals surface area contributed by atoms with Gasteiger partial charge in [0.1, 0.15) is 0 Å². The van der Waals surface area contributed by atoms with Crippen molar-refractivity contribution in [3.05, 3.63) is 29.0 Å². The number of hydrogen-bond acceptors (Lipinski definition) is 1. The van der Waals surface area contributed by atoms with Gasteiger partial charge in [-0.2, -0.15) is 0 Å². The highest BCUT2D eigenvalue weighted by Crippen LogP contribution is 2.38.